The Hall–Kier alpha value is -0.910. The molecule has 0 fully saturated rings. The maximum atomic E-state index is 5.84. The Bertz CT molecular complexity index is 532. The van der Waals surface area contributed by atoms with Crippen LogP contribution in [0.4, 0.5) is 0 Å². The first-order chi connectivity index (χ1) is 8.65. The van der Waals surface area contributed by atoms with Gasteiger partial charge in [-0.3, -0.25) is 0 Å². The SMILES string of the molecule is CSc1cccc(Sc2nc(C)c(C)o2)c1CN. The molecule has 3 nitrogen and oxygen atoms in total. The van der Waals surface area contributed by atoms with Crippen LogP contribution < -0.4 is 5.73 Å². The van der Waals surface area contributed by atoms with E-state index in [2.05, 4.69) is 23.4 Å². The van der Waals surface area contributed by atoms with Gasteiger partial charge in [-0.25, -0.2) is 4.98 Å². The number of hydrogen-bond donors (Lipinski definition) is 1. The maximum Gasteiger partial charge on any atom is 0.261 e. The van der Waals surface area contributed by atoms with Gasteiger partial charge in [0.1, 0.15) is 5.76 Å². The highest BCUT2D eigenvalue weighted by Crippen LogP contribution is 2.34. The smallest absolute Gasteiger partial charge is 0.261 e. The van der Waals surface area contributed by atoms with E-state index >= 15 is 0 Å². The van der Waals surface area contributed by atoms with Crippen molar-refractivity contribution >= 4 is 23.5 Å². The van der Waals surface area contributed by atoms with E-state index in [9.17, 15) is 0 Å². The van der Waals surface area contributed by atoms with Gasteiger partial charge in [-0.15, -0.1) is 11.8 Å². The van der Waals surface area contributed by atoms with E-state index in [4.69, 9.17) is 10.2 Å². The van der Waals surface area contributed by atoms with E-state index in [0.717, 1.165) is 21.9 Å². The number of nitrogens with two attached hydrogens (primary N) is 1. The Labute approximate surface area is 116 Å². The number of nitrogens with zero attached hydrogens (tertiary/aromatic N) is 1. The Morgan fingerprint density at radius 3 is 2.56 bits per heavy atom. The Balaban J connectivity index is 2.33. The zero-order chi connectivity index (χ0) is 13.1. The average Bonchev–Trinajstić information content (AvgIpc) is 2.68. The molecule has 0 amide bonds. The van der Waals surface area contributed by atoms with Gasteiger partial charge < -0.3 is 10.2 Å². The minimum absolute atomic E-state index is 0.526. The van der Waals surface area contributed by atoms with Crippen LogP contribution in [-0.4, -0.2) is 11.2 Å². The molecule has 1 aromatic carbocycles. The van der Waals surface area contributed by atoms with Crippen LogP contribution in [0, 0.1) is 13.8 Å². The predicted molar refractivity (Wildman–Crippen MR) is 76.2 cm³/mol. The molecule has 0 unspecified atom stereocenters. The van der Waals surface area contributed by atoms with E-state index < -0.39 is 0 Å². The molecule has 5 heteroatoms. The molecular formula is C13H16N2OS2. The van der Waals surface area contributed by atoms with Crippen LogP contribution in [0.15, 0.2) is 37.6 Å². The summed E-state index contributed by atoms with van der Waals surface area (Å²) in [7, 11) is 0. The lowest BCUT2D eigenvalue weighted by molar-refractivity contribution is 0.431. The topological polar surface area (TPSA) is 52.0 Å². The van der Waals surface area contributed by atoms with Crippen molar-refractivity contribution in [2.24, 2.45) is 5.73 Å². The summed E-state index contributed by atoms with van der Waals surface area (Å²) in [5, 5.41) is 0.679. The molecule has 0 bridgehead atoms. The van der Waals surface area contributed by atoms with Crippen molar-refractivity contribution in [3.8, 4) is 0 Å². The van der Waals surface area contributed by atoms with Gasteiger partial charge in [-0.05, 0) is 49.6 Å². The van der Waals surface area contributed by atoms with Crippen molar-refractivity contribution in [2.75, 3.05) is 6.26 Å². The second-order valence-corrected chi connectivity index (χ2v) is 5.71. The number of benzene rings is 1. The lowest BCUT2D eigenvalue weighted by Gasteiger charge is -2.09. The van der Waals surface area contributed by atoms with Crippen LogP contribution >= 0.6 is 23.5 Å². The molecule has 2 rings (SSSR count). The molecule has 0 radical (unpaired) electrons. The van der Waals surface area contributed by atoms with Gasteiger partial charge in [-0.1, -0.05) is 6.07 Å². The number of rotatable bonds is 4. The van der Waals surface area contributed by atoms with Gasteiger partial charge in [0.25, 0.3) is 5.22 Å². The Morgan fingerprint density at radius 1 is 1.28 bits per heavy atom. The summed E-state index contributed by atoms with van der Waals surface area (Å²) >= 11 is 3.24. The molecule has 0 aliphatic rings. The lowest BCUT2D eigenvalue weighted by atomic mass is 10.2. The highest BCUT2D eigenvalue weighted by atomic mass is 32.2. The third-order valence-electron chi connectivity index (χ3n) is 2.72. The number of aromatic nitrogens is 1. The molecule has 0 spiro atoms. The summed E-state index contributed by atoms with van der Waals surface area (Å²) in [6.07, 6.45) is 2.06. The lowest BCUT2D eigenvalue weighted by Crippen LogP contribution is -2.00. The minimum Gasteiger partial charge on any atom is -0.436 e. The molecule has 0 aliphatic heterocycles. The fourth-order valence-corrected chi connectivity index (χ4v) is 3.33. The van der Waals surface area contributed by atoms with Crippen LogP contribution in [0.5, 0.6) is 0 Å². The van der Waals surface area contributed by atoms with Crippen molar-refractivity contribution in [3.05, 3.63) is 35.2 Å². The van der Waals surface area contributed by atoms with E-state index in [0.29, 0.717) is 11.8 Å². The molecule has 1 aromatic heterocycles. The molecule has 2 aromatic rings. The van der Waals surface area contributed by atoms with Gasteiger partial charge in [-0.2, -0.15) is 0 Å². The highest BCUT2D eigenvalue weighted by molar-refractivity contribution is 7.99. The largest absolute Gasteiger partial charge is 0.436 e. The fourth-order valence-electron chi connectivity index (χ4n) is 1.61. The first-order valence-corrected chi connectivity index (χ1v) is 7.67. The average molecular weight is 280 g/mol. The molecule has 0 aliphatic carbocycles. The summed E-state index contributed by atoms with van der Waals surface area (Å²) in [5.41, 5.74) is 7.93. The van der Waals surface area contributed by atoms with E-state index in [1.54, 1.807) is 11.8 Å². The Morgan fingerprint density at radius 2 is 2.00 bits per heavy atom. The zero-order valence-electron chi connectivity index (χ0n) is 10.7. The normalized spacial score (nSPS) is 10.9. The van der Waals surface area contributed by atoms with Gasteiger partial charge >= 0.3 is 0 Å². The monoisotopic (exact) mass is 280 g/mol. The predicted octanol–water partition coefficient (Wildman–Crippen LogP) is 3.62. The second kappa shape index (κ2) is 5.82. The van der Waals surface area contributed by atoms with Crippen molar-refractivity contribution in [1.82, 2.24) is 4.98 Å². The molecule has 18 heavy (non-hydrogen) atoms. The number of oxazole rings is 1. The maximum absolute atomic E-state index is 5.84. The van der Waals surface area contributed by atoms with Crippen molar-refractivity contribution in [2.45, 2.75) is 35.4 Å². The summed E-state index contributed by atoms with van der Waals surface area (Å²) in [6, 6.07) is 6.18. The first-order valence-electron chi connectivity index (χ1n) is 5.63. The molecule has 0 saturated carbocycles. The van der Waals surface area contributed by atoms with Gasteiger partial charge in [0.05, 0.1) is 5.69 Å². The van der Waals surface area contributed by atoms with Crippen LogP contribution in [0.2, 0.25) is 0 Å². The van der Waals surface area contributed by atoms with Gasteiger partial charge in [0.15, 0.2) is 0 Å². The molecule has 1 heterocycles. The van der Waals surface area contributed by atoms with Crippen LogP contribution in [0.25, 0.3) is 0 Å². The van der Waals surface area contributed by atoms with Crippen LogP contribution in [-0.2, 0) is 6.54 Å². The minimum atomic E-state index is 0.526. The van der Waals surface area contributed by atoms with Crippen LogP contribution in [0.3, 0.4) is 0 Å². The summed E-state index contributed by atoms with van der Waals surface area (Å²) < 4.78 is 5.60. The number of hydrogen-bond acceptors (Lipinski definition) is 5. The van der Waals surface area contributed by atoms with E-state index in [1.165, 1.54) is 16.7 Å². The fraction of sp³-hybridized carbons (Fsp3) is 0.308. The zero-order valence-corrected chi connectivity index (χ0v) is 12.3. The molecule has 0 atom stereocenters. The van der Waals surface area contributed by atoms with Gasteiger partial charge in [0, 0.05) is 16.3 Å². The molecular weight excluding hydrogens is 264 g/mol. The van der Waals surface area contributed by atoms with Crippen molar-refractivity contribution in [1.29, 1.82) is 0 Å². The van der Waals surface area contributed by atoms with Crippen LogP contribution in [0.1, 0.15) is 17.0 Å². The summed E-state index contributed by atoms with van der Waals surface area (Å²) in [6.45, 7) is 4.40. The van der Waals surface area contributed by atoms with Gasteiger partial charge in [0.2, 0.25) is 0 Å². The third kappa shape index (κ3) is 2.74. The second-order valence-electron chi connectivity index (χ2n) is 3.86. The molecule has 0 saturated heterocycles. The standard InChI is InChI=1S/C13H16N2OS2/c1-8-9(2)16-13(15-8)18-12-6-4-5-11(17-3)10(12)7-14/h4-6H,7,14H2,1-3H3. The quantitative estimate of drug-likeness (QED) is 0.867. The van der Waals surface area contributed by atoms with E-state index in [-0.39, 0.29) is 0 Å². The van der Waals surface area contributed by atoms with Crippen molar-refractivity contribution < 1.29 is 4.42 Å². The number of thioether (sulfide) groups is 1. The van der Waals surface area contributed by atoms with E-state index in [1.807, 2.05) is 19.9 Å². The highest BCUT2D eigenvalue weighted by Gasteiger charge is 2.12. The number of aryl methyl sites for hydroxylation is 2. The third-order valence-corrected chi connectivity index (χ3v) is 4.49. The summed E-state index contributed by atoms with van der Waals surface area (Å²) in [4.78, 5) is 6.71. The first kappa shape index (κ1) is 13.5. The Kier molecular flexibility index (Phi) is 4.37. The molecule has 2 N–H and O–H groups in total. The van der Waals surface area contributed by atoms with Crippen molar-refractivity contribution in [3.63, 3.8) is 0 Å². The summed E-state index contributed by atoms with van der Waals surface area (Å²) in [5.74, 6) is 0.868. The molecule has 96 valence electrons.